The molecule has 9 nitrogen and oxygen atoms in total. The molecule has 0 radical (unpaired) electrons. The van der Waals surface area contributed by atoms with Crippen LogP contribution >= 0.6 is 0 Å². The van der Waals surface area contributed by atoms with E-state index in [1.807, 2.05) is 56.0 Å². The first-order chi connectivity index (χ1) is 16.9. The van der Waals surface area contributed by atoms with Crippen molar-refractivity contribution in [1.82, 2.24) is 20.4 Å². The number of benzene rings is 1. The second-order valence-corrected chi connectivity index (χ2v) is 11.1. The molecule has 2 aliphatic rings. The Morgan fingerprint density at radius 3 is 2.42 bits per heavy atom. The molecule has 2 fully saturated rings. The van der Waals surface area contributed by atoms with Gasteiger partial charge in [0.1, 0.15) is 18.2 Å². The minimum Gasteiger partial charge on any atom is -0.445 e. The number of hydrogen-bond donors (Lipinski definition) is 2. The van der Waals surface area contributed by atoms with E-state index in [1.54, 1.807) is 0 Å². The maximum absolute atomic E-state index is 13.3. The summed E-state index contributed by atoms with van der Waals surface area (Å²) in [6.45, 7) is 10.5. The van der Waals surface area contributed by atoms with Crippen molar-refractivity contribution in [3.8, 4) is 0 Å². The third-order valence-corrected chi connectivity index (χ3v) is 7.02. The monoisotopic (exact) mass is 502 g/mol. The molecule has 200 valence electrons. The third kappa shape index (κ3) is 7.59. The molecule has 1 aromatic carbocycles. The van der Waals surface area contributed by atoms with Gasteiger partial charge in [-0.05, 0) is 72.9 Å². The van der Waals surface area contributed by atoms with Crippen LogP contribution in [0.25, 0.3) is 0 Å². The highest BCUT2D eigenvalue weighted by Crippen LogP contribution is 2.30. The van der Waals surface area contributed by atoms with Crippen molar-refractivity contribution in [2.24, 2.45) is 0 Å². The van der Waals surface area contributed by atoms with Crippen LogP contribution in [0.15, 0.2) is 30.3 Å². The van der Waals surface area contributed by atoms with E-state index in [0.29, 0.717) is 25.0 Å². The second kappa shape index (κ2) is 12.0. The van der Waals surface area contributed by atoms with E-state index >= 15 is 0 Å². The first-order valence-corrected chi connectivity index (χ1v) is 12.9. The summed E-state index contributed by atoms with van der Waals surface area (Å²) in [6.07, 6.45) is 1.83. The highest BCUT2D eigenvalue weighted by Gasteiger charge is 2.44. The van der Waals surface area contributed by atoms with E-state index in [1.165, 1.54) is 0 Å². The average Bonchev–Trinajstić information content (AvgIpc) is 3.16. The van der Waals surface area contributed by atoms with Gasteiger partial charge in [-0.15, -0.1) is 0 Å². The molecule has 0 bridgehead atoms. The SMILES string of the molecule is CC(C)N(C)[C@@H]1CC[C@H](N2CCC(NC(=O)OCc3ccccc3)C2=O)[C@H](NC(=O)OC(C)(C)C)C1. The van der Waals surface area contributed by atoms with Crippen molar-refractivity contribution in [3.63, 3.8) is 0 Å². The van der Waals surface area contributed by atoms with E-state index in [4.69, 9.17) is 9.47 Å². The van der Waals surface area contributed by atoms with Crippen LogP contribution in [0.5, 0.6) is 0 Å². The van der Waals surface area contributed by atoms with Gasteiger partial charge in [0, 0.05) is 18.6 Å². The molecular formula is C27H42N4O5. The van der Waals surface area contributed by atoms with Crippen LogP contribution < -0.4 is 10.6 Å². The Hall–Kier alpha value is -2.81. The molecule has 4 atom stereocenters. The van der Waals surface area contributed by atoms with E-state index in [2.05, 4.69) is 36.4 Å². The summed E-state index contributed by atoms with van der Waals surface area (Å²) in [5.41, 5.74) is 0.271. The van der Waals surface area contributed by atoms with Gasteiger partial charge < -0.3 is 29.9 Å². The number of rotatable bonds is 7. The van der Waals surface area contributed by atoms with Gasteiger partial charge in [-0.2, -0.15) is 0 Å². The fraction of sp³-hybridized carbons (Fsp3) is 0.667. The van der Waals surface area contributed by atoms with Crippen LogP contribution in [0, 0.1) is 0 Å². The van der Waals surface area contributed by atoms with Gasteiger partial charge in [0.2, 0.25) is 5.91 Å². The first-order valence-electron chi connectivity index (χ1n) is 12.9. The Morgan fingerprint density at radius 2 is 1.78 bits per heavy atom. The molecule has 1 saturated carbocycles. The summed E-state index contributed by atoms with van der Waals surface area (Å²) in [5.74, 6) is -0.136. The van der Waals surface area contributed by atoms with Crippen molar-refractivity contribution in [3.05, 3.63) is 35.9 Å². The molecule has 1 aliphatic carbocycles. The minimum absolute atomic E-state index is 0.136. The molecule has 9 heteroatoms. The Labute approximate surface area is 214 Å². The molecule has 1 unspecified atom stereocenters. The zero-order valence-corrected chi connectivity index (χ0v) is 22.5. The summed E-state index contributed by atoms with van der Waals surface area (Å²) >= 11 is 0. The topological polar surface area (TPSA) is 100 Å². The second-order valence-electron chi connectivity index (χ2n) is 11.1. The number of carbonyl (C=O) groups is 3. The number of ether oxygens (including phenoxy) is 2. The van der Waals surface area contributed by atoms with Gasteiger partial charge in [-0.1, -0.05) is 30.3 Å². The third-order valence-electron chi connectivity index (χ3n) is 7.02. The lowest BCUT2D eigenvalue weighted by Gasteiger charge is -2.44. The lowest BCUT2D eigenvalue weighted by atomic mass is 9.84. The van der Waals surface area contributed by atoms with Crippen molar-refractivity contribution >= 4 is 18.1 Å². The van der Waals surface area contributed by atoms with Crippen molar-refractivity contribution < 1.29 is 23.9 Å². The highest BCUT2D eigenvalue weighted by atomic mass is 16.6. The van der Waals surface area contributed by atoms with Gasteiger partial charge >= 0.3 is 12.2 Å². The number of carbonyl (C=O) groups excluding carboxylic acids is 3. The Morgan fingerprint density at radius 1 is 1.08 bits per heavy atom. The Kier molecular flexibility index (Phi) is 9.22. The molecule has 0 aromatic heterocycles. The van der Waals surface area contributed by atoms with Gasteiger partial charge in [-0.25, -0.2) is 9.59 Å². The molecule has 36 heavy (non-hydrogen) atoms. The number of nitrogens with zero attached hydrogens (tertiary/aromatic N) is 2. The van der Waals surface area contributed by atoms with Gasteiger partial charge in [0.25, 0.3) is 0 Å². The van der Waals surface area contributed by atoms with Gasteiger partial charge in [-0.3, -0.25) is 4.79 Å². The fourth-order valence-corrected chi connectivity index (χ4v) is 4.98. The van der Waals surface area contributed by atoms with Crippen LogP contribution in [0.3, 0.4) is 0 Å². The molecule has 1 heterocycles. The quantitative estimate of drug-likeness (QED) is 0.590. The van der Waals surface area contributed by atoms with E-state index in [9.17, 15) is 14.4 Å². The molecule has 1 aromatic rings. The van der Waals surface area contributed by atoms with Crippen molar-refractivity contribution in [2.75, 3.05) is 13.6 Å². The molecule has 3 rings (SSSR count). The smallest absolute Gasteiger partial charge is 0.408 e. The molecule has 0 spiro atoms. The van der Waals surface area contributed by atoms with Gasteiger partial charge in [0.15, 0.2) is 0 Å². The lowest BCUT2D eigenvalue weighted by molar-refractivity contribution is -0.132. The number of likely N-dealkylation sites (tertiary alicyclic amines) is 1. The molecule has 1 saturated heterocycles. The molecular weight excluding hydrogens is 460 g/mol. The van der Waals surface area contributed by atoms with Crippen molar-refractivity contribution in [1.29, 1.82) is 0 Å². The summed E-state index contributed by atoms with van der Waals surface area (Å²) < 4.78 is 10.8. The first kappa shape index (κ1) is 27.8. The maximum Gasteiger partial charge on any atom is 0.408 e. The minimum atomic E-state index is -0.633. The van der Waals surface area contributed by atoms with Crippen LogP contribution in [0.2, 0.25) is 0 Å². The van der Waals surface area contributed by atoms with Gasteiger partial charge in [0.05, 0.1) is 12.1 Å². The number of amides is 3. The number of nitrogens with one attached hydrogen (secondary N) is 2. The standard InChI is InChI=1S/C27H42N4O5/c1-18(2)30(6)20-12-13-23(22(16-20)29-26(34)36-27(3,4)5)31-15-14-21(24(31)32)28-25(33)35-17-19-10-8-7-9-11-19/h7-11,18,20-23H,12-17H2,1-6H3,(H,28,33)(H,29,34)/t20-,21?,22-,23+/m1/s1. The highest BCUT2D eigenvalue weighted by molar-refractivity contribution is 5.87. The Bertz CT molecular complexity index is 901. The predicted molar refractivity (Wildman–Crippen MR) is 137 cm³/mol. The summed E-state index contributed by atoms with van der Waals surface area (Å²) in [5, 5.41) is 5.77. The average molecular weight is 503 g/mol. The fourth-order valence-electron chi connectivity index (χ4n) is 4.98. The summed E-state index contributed by atoms with van der Waals surface area (Å²) in [4.78, 5) is 42.4. The van der Waals surface area contributed by atoms with Crippen LogP contribution in [0.4, 0.5) is 9.59 Å². The lowest BCUT2D eigenvalue weighted by Crippen LogP contribution is -2.59. The van der Waals surface area contributed by atoms with Crippen LogP contribution in [-0.4, -0.2) is 77.3 Å². The maximum atomic E-state index is 13.3. The largest absolute Gasteiger partial charge is 0.445 e. The zero-order chi connectivity index (χ0) is 26.5. The summed E-state index contributed by atoms with van der Waals surface area (Å²) in [6, 6.07) is 9.04. The van der Waals surface area contributed by atoms with E-state index in [-0.39, 0.29) is 24.6 Å². The molecule has 2 N–H and O–H groups in total. The summed E-state index contributed by atoms with van der Waals surface area (Å²) in [7, 11) is 2.10. The zero-order valence-electron chi connectivity index (χ0n) is 22.5. The van der Waals surface area contributed by atoms with Crippen LogP contribution in [0.1, 0.15) is 65.9 Å². The number of hydrogen-bond acceptors (Lipinski definition) is 6. The predicted octanol–water partition coefficient (Wildman–Crippen LogP) is 3.67. The van der Waals surface area contributed by atoms with E-state index in [0.717, 1.165) is 24.8 Å². The van der Waals surface area contributed by atoms with Crippen LogP contribution in [-0.2, 0) is 20.9 Å². The molecule has 3 amide bonds. The van der Waals surface area contributed by atoms with E-state index < -0.39 is 23.8 Å². The Balaban J connectivity index is 1.63. The normalized spacial score (nSPS) is 24.7. The molecule has 1 aliphatic heterocycles. The van der Waals surface area contributed by atoms with Crippen molar-refractivity contribution in [2.45, 2.75) is 103 Å². The number of alkyl carbamates (subject to hydrolysis) is 2.